The number of sulfonamides is 1. The van der Waals surface area contributed by atoms with Gasteiger partial charge in [-0.3, -0.25) is 9.69 Å². The number of amides is 1. The van der Waals surface area contributed by atoms with Gasteiger partial charge in [0.15, 0.2) is 0 Å². The molecule has 0 aromatic heterocycles. The molecule has 0 saturated carbocycles. The summed E-state index contributed by atoms with van der Waals surface area (Å²) < 4.78 is 24.7. The van der Waals surface area contributed by atoms with Crippen molar-refractivity contribution in [2.45, 2.75) is 38.6 Å². The molecular formula is C19H31N3O3S. The molecule has 26 heavy (non-hydrogen) atoms. The maximum atomic E-state index is 12.4. The van der Waals surface area contributed by atoms with Crippen molar-refractivity contribution in [3.05, 3.63) is 35.9 Å². The number of carbonyl (C=O) groups is 1. The van der Waals surface area contributed by atoms with E-state index in [-0.39, 0.29) is 12.5 Å². The molecule has 7 heteroatoms. The molecule has 0 unspecified atom stereocenters. The molecule has 1 aliphatic rings. The molecule has 1 fully saturated rings. The zero-order valence-electron chi connectivity index (χ0n) is 15.7. The van der Waals surface area contributed by atoms with Gasteiger partial charge in [-0.1, -0.05) is 43.2 Å². The van der Waals surface area contributed by atoms with Gasteiger partial charge in [-0.25, -0.2) is 13.1 Å². The number of hydrogen-bond acceptors (Lipinski definition) is 4. The smallest absolute Gasteiger partial charge is 0.237 e. The van der Waals surface area contributed by atoms with Crippen LogP contribution in [0.3, 0.4) is 0 Å². The molecule has 2 rings (SSSR count). The number of nitrogens with zero attached hydrogens (tertiary/aromatic N) is 2. The number of benzene rings is 1. The second kappa shape index (κ2) is 10.6. The maximum Gasteiger partial charge on any atom is 0.237 e. The average molecular weight is 382 g/mol. The first-order valence-corrected chi connectivity index (χ1v) is 11.3. The van der Waals surface area contributed by atoms with Gasteiger partial charge in [-0.05, 0) is 31.4 Å². The Kier molecular flexibility index (Phi) is 8.54. The number of hydrogen-bond donors (Lipinski definition) is 1. The third-order valence-corrected chi connectivity index (χ3v) is 5.31. The Morgan fingerprint density at radius 3 is 2.27 bits per heavy atom. The Morgan fingerprint density at radius 2 is 1.58 bits per heavy atom. The second-order valence-corrected chi connectivity index (χ2v) is 8.84. The molecule has 1 amide bonds. The lowest BCUT2D eigenvalue weighted by Gasteiger charge is -2.25. The molecule has 146 valence electrons. The van der Waals surface area contributed by atoms with E-state index in [1.54, 1.807) is 0 Å². The van der Waals surface area contributed by atoms with Gasteiger partial charge in [0.25, 0.3) is 0 Å². The van der Waals surface area contributed by atoms with Crippen LogP contribution in [0.15, 0.2) is 30.3 Å². The van der Waals surface area contributed by atoms with Gasteiger partial charge in [0.05, 0.1) is 12.8 Å². The highest BCUT2D eigenvalue weighted by atomic mass is 32.2. The first-order valence-electron chi connectivity index (χ1n) is 9.43. The molecule has 1 heterocycles. The van der Waals surface area contributed by atoms with Crippen LogP contribution in [0, 0.1) is 0 Å². The molecule has 1 aliphatic heterocycles. The molecule has 1 aromatic rings. The van der Waals surface area contributed by atoms with Crippen LogP contribution < -0.4 is 4.72 Å². The lowest BCUT2D eigenvalue weighted by Crippen LogP contribution is -2.41. The molecule has 0 atom stereocenters. The van der Waals surface area contributed by atoms with Gasteiger partial charge in [0.2, 0.25) is 15.9 Å². The van der Waals surface area contributed by atoms with Crippen LogP contribution in [-0.4, -0.2) is 63.1 Å². The van der Waals surface area contributed by atoms with Crippen molar-refractivity contribution in [1.29, 1.82) is 0 Å². The summed E-state index contributed by atoms with van der Waals surface area (Å²) in [6.45, 7) is 4.20. The van der Waals surface area contributed by atoms with Crippen molar-refractivity contribution in [2.24, 2.45) is 0 Å². The molecule has 1 saturated heterocycles. The summed E-state index contributed by atoms with van der Waals surface area (Å²) >= 11 is 0. The number of carbonyl (C=O) groups excluding carboxylic acids is 1. The Bertz CT molecular complexity index is 649. The van der Waals surface area contributed by atoms with E-state index in [2.05, 4.69) is 33.9 Å². The van der Waals surface area contributed by atoms with Crippen LogP contribution in [0.4, 0.5) is 0 Å². The minimum atomic E-state index is -3.34. The largest absolute Gasteiger partial charge is 0.342 e. The first-order chi connectivity index (χ1) is 12.4. The predicted octanol–water partition coefficient (Wildman–Crippen LogP) is 1.83. The first kappa shape index (κ1) is 20.9. The highest BCUT2D eigenvalue weighted by Gasteiger charge is 2.16. The molecule has 0 spiro atoms. The zero-order valence-corrected chi connectivity index (χ0v) is 16.5. The number of nitrogens with one attached hydrogen (secondary N) is 1. The van der Waals surface area contributed by atoms with Gasteiger partial charge in [-0.2, -0.15) is 0 Å². The van der Waals surface area contributed by atoms with Crippen molar-refractivity contribution in [1.82, 2.24) is 14.5 Å². The van der Waals surface area contributed by atoms with Gasteiger partial charge < -0.3 is 4.90 Å². The van der Waals surface area contributed by atoms with Crippen molar-refractivity contribution in [3.8, 4) is 0 Å². The molecule has 1 aromatic carbocycles. The third kappa shape index (κ3) is 8.29. The maximum absolute atomic E-state index is 12.4. The fourth-order valence-electron chi connectivity index (χ4n) is 3.25. The van der Waals surface area contributed by atoms with Crippen molar-refractivity contribution in [2.75, 3.05) is 39.0 Å². The van der Waals surface area contributed by atoms with Crippen molar-refractivity contribution >= 4 is 15.9 Å². The summed E-state index contributed by atoms with van der Waals surface area (Å²) in [5.74, 6) is -0.135. The van der Waals surface area contributed by atoms with E-state index in [1.807, 2.05) is 11.0 Å². The minimum Gasteiger partial charge on any atom is -0.342 e. The second-order valence-electron chi connectivity index (χ2n) is 7.00. The topological polar surface area (TPSA) is 69.7 Å². The standard InChI is InChI=1S/C19H31N3O3S/c1-26(24,25)20-16-19(23)22-14-8-3-2-7-12-21(13-9-15-22)17-18-10-5-4-6-11-18/h4-6,10-11,20H,2-3,7-9,12-17H2,1H3. The molecule has 0 bridgehead atoms. The zero-order chi connectivity index (χ0) is 18.8. The van der Waals surface area contributed by atoms with E-state index in [1.165, 1.54) is 12.0 Å². The summed E-state index contributed by atoms with van der Waals surface area (Å²) in [7, 11) is -3.34. The predicted molar refractivity (Wildman–Crippen MR) is 104 cm³/mol. The van der Waals surface area contributed by atoms with Crippen LogP contribution in [0.1, 0.15) is 37.7 Å². The fourth-order valence-corrected chi connectivity index (χ4v) is 3.64. The van der Waals surface area contributed by atoms with Crippen LogP contribution in [0.2, 0.25) is 0 Å². The minimum absolute atomic E-state index is 0.135. The summed E-state index contributed by atoms with van der Waals surface area (Å²) in [4.78, 5) is 16.6. The lowest BCUT2D eigenvalue weighted by molar-refractivity contribution is -0.130. The molecule has 0 radical (unpaired) electrons. The Hall–Kier alpha value is -1.44. The Morgan fingerprint density at radius 1 is 0.962 bits per heavy atom. The number of rotatable bonds is 5. The van der Waals surface area contributed by atoms with E-state index >= 15 is 0 Å². The van der Waals surface area contributed by atoms with E-state index in [9.17, 15) is 13.2 Å². The average Bonchev–Trinajstić information content (AvgIpc) is 2.65. The Labute approximate surface area is 157 Å². The molecular weight excluding hydrogens is 350 g/mol. The molecule has 1 N–H and O–H groups in total. The lowest BCUT2D eigenvalue weighted by atomic mass is 10.1. The highest BCUT2D eigenvalue weighted by Crippen LogP contribution is 2.11. The molecule has 6 nitrogen and oxygen atoms in total. The quantitative estimate of drug-likeness (QED) is 0.845. The summed E-state index contributed by atoms with van der Waals surface area (Å²) in [5, 5.41) is 0. The van der Waals surface area contributed by atoms with Crippen molar-refractivity contribution < 1.29 is 13.2 Å². The van der Waals surface area contributed by atoms with Crippen LogP contribution >= 0.6 is 0 Å². The third-order valence-electron chi connectivity index (χ3n) is 4.64. The van der Waals surface area contributed by atoms with Crippen LogP contribution in [-0.2, 0) is 21.4 Å². The monoisotopic (exact) mass is 381 g/mol. The highest BCUT2D eigenvalue weighted by molar-refractivity contribution is 7.88. The van der Waals surface area contributed by atoms with Crippen molar-refractivity contribution in [3.63, 3.8) is 0 Å². The fraction of sp³-hybridized carbons (Fsp3) is 0.632. The summed E-state index contributed by atoms with van der Waals surface area (Å²) in [6.07, 6.45) is 6.39. The van der Waals surface area contributed by atoms with Crippen LogP contribution in [0.5, 0.6) is 0 Å². The van der Waals surface area contributed by atoms with Gasteiger partial charge in [0.1, 0.15) is 0 Å². The summed E-state index contributed by atoms with van der Waals surface area (Å²) in [5.41, 5.74) is 1.31. The summed E-state index contributed by atoms with van der Waals surface area (Å²) in [6, 6.07) is 10.5. The Balaban J connectivity index is 1.89. The van der Waals surface area contributed by atoms with Gasteiger partial charge >= 0.3 is 0 Å². The van der Waals surface area contributed by atoms with Gasteiger partial charge in [-0.15, -0.1) is 0 Å². The van der Waals surface area contributed by atoms with E-state index in [0.29, 0.717) is 13.1 Å². The molecule has 0 aliphatic carbocycles. The van der Waals surface area contributed by atoms with E-state index in [0.717, 1.165) is 51.6 Å². The van der Waals surface area contributed by atoms with E-state index < -0.39 is 10.0 Å². The van der Waals surface area contributed by atoms with E-state index in [4.69, 9.17) is 0 Å². The van der Waals surface area contributed by atoms with Crippen LogP contribution in [0.25, 0.3) is 0 Å². The van der Waals surface area contributed by atoms with Gasteiger partial charge in [0, 0.05) is 26.2 Å². The normalized spacial score (nSPS) is 18.3. The SMILES string of the molecule is CS(=O)(=O)NCC(=O)N1CCCCCCN(Cc2ccccc2)CCC1.